The molecule has 0 spiro atoms. The second kappa shape index (κ2) is 6.55. The Morgan fingerprint density at radius 1 is 1.26 bits per heavy atom. The second-order valence-electron chi connectivity index (χ2n) is 6.69. The molecule has 0 aromatic rings. The van der Waals surface area contributed by atoms with Gasteiger partial charge in [-0.3, -0.25) is 0 Å². The van der Waals surface area contributed by atoms with Gasteiger partial charge in [-0.15, -0.1) is 0 Å². The first kappa shape index (κ1) is 15.3. The zero-order valence-corrected chi connectivity index (χ0v) is 12.8. The van der Waals surface area contributed by atoms with E-state index in [2.05, 4.69) is 26.1 Å². The Morgan fingerprint density at radius 3 is 2.68 bits per heavy atom. The van der Waals surface area contributed by atoms with Gasteiger partial charge in [0.05, 0.1) is 12.2 Å². The zero-order valence-electron chi connectivity index (χ0n) is 12.8. The van der Waals surface area contributed by atoms with Gasteiger partial charge in [0.2, 0.25) is 0 Å². The number of hydrogen-bond acceptors (Lipinski definition) is 3. The van der Waals surface area contributed by atoms with Crippen LogP contribution in [0.4, 0.5) is 0 Å². The number of nitrogens with one attached hydrogen (secondary N) is 1. The lowest BCUT2D eigenvalue weighted by Gasteiger charge is -2.54. The van der Waals surface area contributed by atoms with Gasteiger partial charge in [-0.1, -0.05) is 20.3 Å². The van der Waals surface area contributed by atoms with Gasteiger partial charge < -0.3 is 15.2 Å². The molecule has 2 aliphatic rings. The molecule has 112 valence electrons. The van der Waals surface area contributed by atoms with Crippen LogP contribution in [0.1, 0.15) is 59.3 Å². The van der Waals surface area contributed by atoms with Gasteiger partial charge in [0.25, 0.3) is 0 Å². The maximum Gasteiger partial charge on any atom is 0.0658 e. The molecule has 0 saturated heterocycles. The summed E-state index contributed by atoms with van der Waals surface area (Å²) in [7, 11) is 0. The Labute approximate surface area is 118 Å². The SMILES string of the molecule is CCOC1CC(NCC2CCCC(O)C2)C1(C)CC. The van der Waals surface area contributed by atoms with E-state index < -0.39 is 0 Å². The molecule has 0 heterocycles. The lowest BCUT2D eigenvalue weighted by Crippen LogP contribution is -2.62. The van der Waals surface area contributed by atoms with E-state index in [-0.39, 0.29) is 6.10 Å². The summed E-state index contributed by atoms with van der Waals surface area (Å²) in [5.74, 6) is 0.663. The van der Waals surface area contributed by atoms with Crippen LogP contribution in [-0.4, -0.2) is 36.5 Å². The van der Waals surface area contributed by atoms with Gasteiger partial charge in [-0.25, -0.2) is 0 Å². The molecule has 2 fully saturated rings. The number of hydrogen-bond donors (Lipinski definition) is 2. The van der Waals surface area contributed by atoms with Crippen LogP contribution in [0.25, 0.3) is 0 Å². The minimum atomic E-state index is -0.0596. The lowest BCUT2D eigenvalue weighted by molar-refractivity contribution is -0.126. The monoisotopic (exact) mass is 269 g/mol. The van der Waals surface area contributed by atoms with Crippen LogP contribution < -0.4 is 5.32 Å². The van der Waals surface area contributed by atoms with Gasteiger partial charge in [-0.05, 0) is 51.5 Å². The normalized spacial score (nSPS) is 42.9. The molecule has 2 saturated carbocycles. The van der Waals surface area contributed by atoms with Crippen LogP contribution in [0.5, 0.6) is 0 Å². The van der Waals surface area contributed by atoms with E-state index >= 15 is 0 Å². The van der Waals surface area contributed by atoms with Crippen molar-refractivity contribution in [2.24, 2.45) is 11.3 Å². The first-order valence-electron chi connectivity index (χ1n) is 8.13. The average molecular weight is 269 g/mol. The van der Waals surface area contributed by atoms with Crippen molar-refractivity contribution < 1.29 is 9.84 Å². The molecule has 3 nitrogen and oxygen atoms in total. The first-order chi connectivity index (χ1) is 9.10. The molecule has 0 aliphatic heterocycles. The molecule has 19 heavy (non-hydrogen) atoms. The minimum absolute atomic E-state index is 0.0596. The summed E-state index contributed by atoms with van der Waals surface area (Å²) >= 11 is 0. The zero-order chi connectivity index (χ0) is 13.9. The highest BCUT2D eigenvalue weighted by atomic mass is 16.5. The van der Waals surface area contributed by atoms with Gasteiger partial charge in [0.15, 0.2) is 0 Å². The molecule has 0 aromatic heterocycles. The molecule has 2 aliphatic carbocycles. The predicted octanol–water partition coefficient (Wildman–Crippen LogP) is 2.72. The van der Waals surface area contributed by atoms with E-state index in [1.165, 1.54) is 19.3 Å². The molecular weight excluding hydrogens is 238 g/mol. The number of aliphatic hydroxyl groups is 1. The van der Waals surface area contributed by atoms with E-state index in [1.54, 1.807) is 0 Å². The van der Waals surface area contributed by atoms with Crippen LogP contribution in [0.15, 0.2) is 0 Å². The number of ether oxygens (including phenoxy) is 1. The van der Waals surface area contributed by atoms with Gasteiger partial charge in [0.1, 0.15) is 0 Å². The first-order valence-corrected chi connectivity index (χ1v) is 8.13. The van der Waals surface area contributed by atoms with E-state index in [9.17, 15) is 5.11 Å². The van der Waals surface area contributed by atoms with Gasteiger partial charge in [-0.2, -0.15) is 0 Å². The van der Waals surface area contributed by atoms with Crippen molar-refractivity contribution in [1.29, 1.82) is 0 Å². The topological polar surface area (TPSA) is 41.5 Å². The smallest absolute Gasteiger partial charge is 0.0658 e. The molecule has 0 radical (unpaired) electrons. The summed E-state index contributed by atoms with van der Waals surface area (Å²) in [6.45, 7) is 8.59. The molecule has 2 N–H and O–H groups in total. The highest BCUT2D eigenvalue weighted by Crippen LogP contribution is 2.46. The Morgan fingerprint density at radius 2 is 2.05 bits per heavy atom. The molecular formula is C16H31NO2. The fourth-order valence-corrected chi connectivity index (χ4v) is 3.82. The third-order valence-corrected chi connectivity index (χ3v) is 5.52. The number of aliphatic hydroxyl groups excluding tert-OH is 1. The molecule has 5 atom stereocenters. The summed E-state index contributed by atoms with van der Waals surface area (Å²) in [4.78, 5) is 0. The molecule has 0 amide bonds. The predicted molar refractivity (Wildman–Crippen MR) is 78.2 cm³/mol. The lowest BCUT2D eigenvalue weighted by atomic mass is 9.61. The van der Waals surface area contributed by atoms with E-state index in [0.29, 0.717) is 23.5 Å². The van der Waals surface area contributed by atoms with Crippen molar-refractivity contribution >= 4 is 0 Å². The van der Waals surface area contributed by atoms with Crippen molar-refractivity contribution in [3.05, 3.63) is 0 Å². The molecule has 0 aromatic carbocycles. The minimum Gasteiger partial charge on any atom is -0.393 e. The van der Waals surface area contributed by atoms with Crippen molar-refractivity contribution in [2.45, 2.75) is 77.5 Å². The van der Waals surface area contributed by atoms with E-state index in [0.717, 1.165) is 32.4 Å². The van der Waals surface area contributed by atoms with E-state index in [4.69, 9.17) is 4.74 Å². The summed E-state index contributed by atoms with van der Waals surface area (Å²) in [6.07, 6.45) is 7.12. The second-order valence-corrected chi connectivity index (χ2v) is 6.69. The van der Waals surface area contributed by atoms with Crippen LogP contribution >= 0.6 is 0 Å². The highest BCUT2D eigenvalue weighted by Gasteiger charge is 2.50. The van der Waals surface area contributed by atoms with Gasteiger partial charge in [0, 0.05) is 18.1 Å². The van der Waals surface area contributed by atoms with E-state index in [1.807, 2.05) is 0 Å². The third-order valence-electron chi connectivity index (χ3n) is 5.52. The van der Waals surface area contributed by atoms with Crippen LogP contribution in [0.3, 0.4) is 0 Å². The molecule has 2 rings (SSSR count). The fourth-order valence-electron chi connectivity index (χ4n) is 3.82. The Bertz CT molecular complexity index is 284. The maximum absolute atomic E-state index is 9.73. The molecule has 3 heteroatoms. The summed E-state index contributed by atoms with van der Waals surface area (Å²) in [5, 5.41) is 13.5. The fraction of sp³-hybridized carbons (Fsp3) is 1.00. The standard InChI is InChI=1S/C16H31NO2/c1-4-16(3)14(10-15(16)19-5-2)17-11-12-7-6-8-13(18)9-12/h12-15,17-18H,4-11H2,1-3H3. The Hall–Kier alpha value is -0.120. The summed E-state index contributed by atoms with van der Waals surface area (Å²) in [5.41, 5.74) is 0.295. The summed E-state index contributed by atoms with van der Waals surface area (Å²) < 4.78 is 5.84. The summed E-state index contributed by atoms with van der Waals surface area (Å²) in [6, 6.07) is 0.591. The van der Waals surface area contributed by atoms with Crippen molar-refractivity contribution in [3.8, 4) is 0 Å². The third kappa shape index (κ3) is 3.32. The quantitative estimate of drug-likeness (QED) is 0.779. The highest BCUT2D eigenvalue weighted by molar-refractivity contribution is 5.04. The number of rotatable bonds is 6. The van der Waals surface area contributed by atoms with Gasteiger partial charge >= 0.3 is 0 Å². The van der Waals surface area contributed by atoms with Crippen molar-refractivity contribution in [2.75, 3.05) is 13.2 Å². The van der Waals surface area contributed by atoms with Crippen molar-refractivity contribution in [1.82, 2.24) is 5.32 Å². The molecule has 5 unspecified atom stereocenters. The Kier molecular flexibility index (Phi) is 5.27. The maximum atomic E-state index is 9.73. The van der Waals surface area contributed by atoms with Crippen LogP contribution in [-0.2, 0) is 4.74 Å². The van der Waals surface area contributed by atoms with Crippen molar-refractivity contribution in [3.63, 3.8) is 0 Å². The largest absolute Gasteiger partial charge is 0.393 e. The Balaban J connectivity index is 1.77. The average Bonchev–Trinajstić information content (AvgIpc) is 2.41. The van der Waals surface area contributed by atoms with Crippen LogP contribution in [0, 0.1) is 11.3 Å². The molecule has 0 bridgehead atoms. The van der Waals surface area contributed by atoms with Crippen LogP contribution in [0.2, 0.25) is 0 Å².